The summed E-state index contributed by atoms with van der Waals surface area (Å²) in [4.78, 5) is 39.2. The number of nitrogens with zero attached hydrogens (tertiary/aromatic N) is 2. The molecule has 35 heavy (non-hydrogen) atoms. The minimum absolute atomic E-state index is 0.160. The van der Waals surface area contributed by atoms with Gasteiger partial charge in [0.05, 0.1) is 26.3 Å². The third-order valence-electron chi connectivity index (χ3n) is 5.50. The van der Waals surface area contributed by atoms with Crippen LogP contribution in [0.2, 0.25) is 0 Å². The van der Waals surface area contributed by atoms with Crippen molar-refractivity contribution >= 4 is 56.6 Å². The summed E-state index contributed by atoms with van der Waals surface area (Å²) >= 11 is 3.17. The number of amides is 1. The lowest BCUT2D eigenvalue weighted by atomic mass is 10.0. The number of nitro groups is 1. The molecule has 10 heteroatoms. The first kappa shape index (κ1) is 24.4. The number of aromatic carboxylic acids is 1. The highest BCUT2D eigenvalue weighted by atomic mass is 32.2. The van der Waals surface area contributed by atoms with Crippen molar-refractivity contribution in [1.82, 2.24) is 4.98 Å². The van der Waals surface area contributed by atoms with Crippen LogP contribution in [0.15, 0.2) is 52.9 Å². The van der Waals surface area contributed by atoms with Crippen LogP contribution in [0.4, 0.5) is 11.4 Å². The van der Waals surface area contributed by atoms with Gasteiger partial charge in [-0.15, -0.1) is 11.3 Å². The summed E-state index contributed by atoms with van der Waals surface area (Å²) in [5, 5.41) is 23.0. The molecule has 8 nitrogen and oxygen atoms in total. The van der Waals surface area contributed by atoms with E-state index in [9.17, 15) is 24.8 Å². The van der Waals surface area contributed by atoms with Crippen molar-refractivity contribution in [1.29, 1.82) is 0 Å². The number of thiazole rings is 1. The number of fused-ring (bicyclic) bond motifs is 1. The molecule has 3 aromatic carbocycles. The number of nitro benzene ring substituents is 1. The molecule has 2 N–H and O–H groups in total. The normalized spacial score (nSPS) is 10.9. The fourth-order valence-electron chi connectivity index (χ4n) is 3.83. The Morgan fingerprint density at radius 3 is 2.43 bits per heavy atom. The van der Waals surface area contributed by atoms with Crippen molar-refractivity contribution in [3.05, 3.63) is 92.0 Å². The second-order valence-corrected chi connectivity index (χ2v) is 10.3. The first-order valence-electron chi connectivity index (χ1n) is 10.6. The number of nitrogens with one attached hydrogen (secondary N) is 1. The molecule has 0 radical (unpaired) electrons. The molecule has 1 heterocycles. The number of benzene rings is 3. The van der Waals surface area contributed by atoms with Gasteiger partial charge in [-0.2, -0.15) is 0 Å². The Kier molecular flexibility index (Phi) is 6.86. The molecule has 0 aliphatic rings. The molecule has 0 bridgehead atoms. The molecule has 0 aliphatic heterocycles. The summed E-state index contributed by atoms with van der Waals surface area (Å²) in [5.74, 6) is -1.28. The van der Waals surface area contributed by atoms with Crippen LogP contribution in [0, 0.1) is 30.9 Å². The Labute approximate surface area is 209 Å². The van der Waals surface area contributed by atoms with Crippen molar-refractivity contribution in [2.75, 3.05) is 5.32 Å². The number of rotatable bonds is 7. The van der Waals surface area contributed by atoms with Crippen LogP contribution in [-0.2, 0) is 5.75 Å². The van der Waals surface area contributed by atoms with Crippen LogP contribution in [0.1, 0.15) is 43.0 Å². The third kappa shape index (κ3) is 5.33. The van der Waals surface area contributed by atoms with Crippen LogP contribution in [0.3, 0.4) is 0 Å². The molecular formula is C25H21N3O5S2. The molecule has 0 atom stereocenters. The van der Waals surface area contributed by atoms with Crippen LogP contribution < -0.4 is 5.32 Å². The quantitative estimate of drug-likeness (QED) is 0.169. The van der Waals surface area contributed by atoms with E-state index in [1.807, 2.05) is 0 Å². The average molecular weight is 508 g/mol. The third-order valence-corrected chi connectivity index (χ3v) is 7.68. The van der Waals surface area contributed by atoms with Crippen molar-refractivity contribution in [3.63, 3.8) is 0 Å². The SMILES string of the molecule is Cc1cc(C)c(CSc2nc3ccc(NC(=O)c4ccc([N+](=O)[O-])cc4C(=O)O)cc3s2)c(C)c1. The number of carboxylic acids is 1. The first-order valence-corrected chi connectivity index (χ1v) is 12.4. The molecule has 1 aromatic heterocycles. The van der Waals surface area contributed by atoms with Gasteiger partial charge < -0.3 is 10.4 Å². The lowest BCUT2D eigenvalue weighted by Crippen LogP contribution is -2.16. The smallest absolute Gasteiger partial charge is 0.336 e. The lowest BCUT2D eigenvalue weighted by Gasteiger charge is -2.10. The molecule has 0 unspecified atom stereocenters. The van der Waals surface area contributed by atoms with Crippen LogP contribution in [0.5, 0.6) is 0 Å². The van der Waals surface area contributed by atoms with Gasteiger partial charge in [-0.3, -0.25) is 14.9 Å². The maximum Gasteiger partial charge on any atom is 0.336 e. The molecule has 178 valence electrons. The van der Waals surface area contributed by atoms with Crippen molar-refractivity contribution < 1.29 is 19.6 Å². The van der Waals surface area contributed by atoms with Gasteiger partial charge in [-0.25, -0.2) is 9.78 Å². The molecule has 0 spiro atoms. The average Bonchev–Trinajstić information content (AvgIpc) is 3.19. The monoisotopic (exact) mass is 507 g/mol. The standard InChI is InChI=1S/C25H21N3O5S2/c1-13-8-14(2)20(15(3)9-13)12-34-25-27-21-7-4-16(10-22(21)35-25)26-23(29)18-6-5-17(28(32)33)11-19(18)24(30)31/h4-11H,12H2,1-3H3,(H,26,29)(H,30,31). The van der Waals surface area contributed by atoms with E-state index in [4.69, 9.17) is 0 Å². The number of carbonyl (C=O) groups is 2. The van der Waals surface area contributed by atoms with E-state index in [0.717, 1.165) is 38.5 Å². The number of aryl methyl sites for hydroxylation is 3. The maximum absolute atomic E-state index is 12.7. The Bertz CT molecular complexity index is 1470. The Morgan fingerprint density at radius 2 is 1.77 bits per heavy atom. The molecule has 4 rings (SSSR count). The number of anilines is 1. The zero-order valence-corrected chi connectivity index (χ0v) is 20.8. The number of carbonyl (C=O) groups excluding carboxylic acids is 1. The van der Waals surface area contributed by atoms with Gasteiger partial charge in [0.2, 0.25) is 0 Å². The molecule has 0 saturated carbocycles. The summed E-state index contributed by atoms with van der Waals surface area (Å²) < 4.78 is 1.79. The highest BCUT2D eigenvalue weighted by Gasteiger charge is 2.21. The number of hydrogen-bond acceptors (Lipinski definition) is 7. The highest BCUT2D eigenvalue weighted by molar-refractivity contribution is 8.00. The van der Waals surface area contributed by atoms with Gasteiger partial charge in [0.25, 0.3) is 11.6 Å². The van der Waals surface area contributed by atoms with E-state index in [0.29, 0.717) is 5.69 Å². The summed E-state index contributed by atoms with van der Waals surface area (Å²) in [5.41, 5.74) is 5.34. The number of aromatic nitrogens is 1. The number of carboxylic acid groups (broad SMARTS) is 1. The minimum atomic E-state index is -1.42. The van der Waals surface area contributed by atoms with Crippen molar-refractivity contribution in [2.24, 2.45) is 0 Å². The molecule has 1 amide bonds. The van der Waals surface area contributed by atoms with Gasteiger partial charge in [0.1, 0.15) is 0 Å². The summed E-state index contributed by atoms with van der Waals surface area (Å²) in [6.45, 7) is 6.32. The van der Waals surface area contributed by atoms with Gasteiger partial charge >= 0.3 is 5.97 Å². The number of hydrogen-bond donors (Lipinski definition) is 2. The Balaban J connectivity index is 1.53. The molecule has 0 fully saturated rings. The first-order chi connectivity index (χ1) is 16.6. The predicted octanol–water partition coefficient (Wildman–Crippen LogP) is 6.37. The van der Waals surface area contributed by atoms with Gasteiger partial charge in [-0.05, 0) is 61.7 Å². The minimum Gasteiger partial charge on any atom is -0.478 e. The van der Waals surface area contributed by atoms with Crippen LogP contribution >= 0.6 is 23.1 Å². The van der Waals surface area contributed by atoms with Gasteiger partial charge in [0.15, 0.2) is 4.34 Å². The van der Waals surface area contributed by atoms with Crippen LogP contribution in [0.25, 0.3) is 10.2 Å². The van der Waals surface area contributed by atoms with E-state index in [1.54, 1.807) is 30.0 Å². The zero-order chi connectivity index (χ0) is 25.3. The highest BCUT2D eigenvalue weighted by Crippen LogP contribution is 2.34. The van der Waals surface area contributed by atoms with Crippen molar-refractivity contribution in [3.8, 4) is 0 Å². The lowest BCUT2D eigenvalue weighted by molar-refractivity contribution is -0.384. The molecule has 0 saturated heterocycles. The summed E-state index contributed by atoms with van der Waals surface area (Å²) in [6, 6.07) is 12.7. The van der Waals surface area contributed by atoms with E-state index in [-0.39, 0.29) is 5.56 Å². The van der Waals surface area contributed by atoms with Gasteiger partial charge in [0, 0.05) is 23.6 Å². The maximum atomic E-state index is 12.7. The summed E-state index contributed by atoms with van der Waals surface area (Å²) in [6.07, 6.45) is 0. The second kappa shape index (κ2) is 9.85. The van der Waals surface area contributed by atoms with Gasteiger partial charge in [-0.1, -0.05) is 29.5 Å². The topological polar surface area (TPSA) is 122 Å². The largest absolute Gasteiger partial charge is 0.478 e. The summed E-state index contributed by atoms with van der Waals surface area (Å²) in [7, 11) is 0. The molecular weight excluding hydrogens is 486 g/mol. The van der Waals surface area contributed by atoms with E-state index >= 15 is 0 Å². The predicted molar refractivity (Wildman–Crippen MR) is 138 cm³/mol. The Morgan fingerprint density at radius 1 is 1.06 bits per heavy atom. The number of non-ortho nitro benzene ring substituents is 1. The second-order valence-electron chi connectivity index (χ2n) is 8.07. The Hall–Kier alpha value is -3.76. The fourth-order valence-corrected chi connectivity index (χ4v) is 6.14. The van der Waals surface area contributed by atoms with Crippen molar-refractivity contribution in [2.45, 2.75) is 30.9 Å². The molecule has 4 aromatic rings. The molecule has 0 aliphatic carbocycles. The van der Waals surface area contributed by atoms with E-state index in [1.165, 1.54) is 33.6 Å². The zero-order valence-electron chi connectivity index (χ0n) is 19.1. The number of thioether (sulfide) groups is 1. The van der Waals surface area contributed by atoms with E-state index in [2.05, 4.69) is 43.2 Å². The van der Waals surface area contributed by atoms with Crippen LogP contribution in [-0.4, -0.2) is 26.9 Å². The van der Waals surface area contributed by atoms with E-state index < -0.39 is 28.1 Å². The fraction of sp³-hybridized carbons (Fsp3) is 0.160.